The van der Waals surface area contributed by atoms with Crippen molar-refractivity contribution in [3.05, 3.63) is 84.6 Å². The van der Waals surface area contributed by atoms with E-state index < -0.39 is 21.6 Å². The maximum Gasteiger partial charge on any atom is 0.418 e. The van der Waals surface area contributed by atoms with Crippen LogP contribution in [-0.2, 0) is 16.0 Å². The number of para-hydroxylation sites is 1. The molecule has 4 aromatic rings. The topological polar surface area (TPSA) is 56.3 Å². The Morgan fingerprint density at radius 2 is 1.58 bits per heavy atom. The molecule has 0 bridgehead atoms. The summed E-state index contributed by atoms with van der Waals surface area (Å²) in [5.74, 6) is 0.894. The molecule has 8 heteroatoms. The van der Waals surface area contributed by atoms with Gasteiger partial charge in [-0.3, -0.25) is 4.98 Å². The number of benzene rings is 3. The molecule has 0 aliphatic heterocycles. The van der Waals surface area contributed by atoms with Crippen LogP contribution < -0.4 is 4.74 Å². The van der Waals surface area contributed by atoms with Crippen LogP contribution in [0.1, 0.15) is 5.56 Å². The maximum atomic E-state index is 13.4. The number of aromatic nitrogens is 1. The minimum Gasteiger partial charge on any atom is -0.457 e. The molecule has 0 aliphatic rings. The third kappa shape index (κ3) is 4.39. The second-order valence-electron chi connectivity index (χ2n) is 6.93. The van der Waals surface area contributed by atoms with Crippen LogP contribution in [-0.4, -0.2) is 19.7 Å². The fourth-order valence-electron chi connectivity index (χ4n) is 3.27. The first-order valence-corrected chi connectivity index (χ1v) is 11.1. The summed E-state index contributed by atoms with van der Waals surface area (Å²) in [5.41, 5.74) is 0.353. The molecule has 0 amide bonds. The largest absolute Gasteiger partial charge is 0.457 e. The molecular formula is C23H16F3NO3S. The second kappa shape index (κ2) is 7.70. The lowest BCUT2D eigenvalue weighted by atomic mass is 9.99. The lowest BCUT2D eigenvalue weighted by molar-refractivity contribution is -0.136. The van der Waals surface area contributed by atoms with Crippen molar-refractivity contribution in [1.82, 2.24) is 4.98 Å². The van der Waals surface area contributed by atoms with Crippen molar-refractivity contribution in [2.45, 2.75) is 11.1 Å². The molecule has 0 fully saturated rings. The highest BCUT2D eigenvalue weighted by Gasteiger charge is 2.33. The van der Waals surface area contributed by atoms with Gasteiger partial charge in [0.2, 0.25) is 0 Å². The Hall–Kier alpha value is -3.39. The molecule has 1 aromatic heterocycles. The zero-order chi connectivity index (χ0) is 22.2. The van der Waals surface area contributed by atoms with Crippen molar-refractivity contribution in [2.24, 2.45) is 0 Å². The van der Waals surface area contributed by atoms with Gasteiger partial charge < -0.3 is 4.74 Å². The van der Waals surface area contributed by atoms with E-state index in [0.29, 0.717) is 28.0 Å². The van der Waals surface area contributed by atoms with Gasteiger partial charge in [0.15, 0.2) is 9.84 Å². The zero-order valence-corrected chi connectivity index (χ0v) is 17.0. The van der Waals surface area contributed by atoms with Gasteiger partial charge in [-0.05, 0) is 59.7 Å². The molecule has 0 N–H and O–H groups in total. The first-order chi connectivity index (χ1) is 14.6. The summed E-state index contributed by atoms with van der Waals surface area (Å²) in [4.78, 5) is 4.13. The third-order valence-corrected chi connectivity index (χ3v) is 5.84. The third-order valence-electron chi connectivity index (χ3n) is 4.71. The average molecular weight is 443 g/mol. The summed E-state index contributed by atoms with van der Waals surface area (Å²) in [6, 6.07) is 18.5. The van der Waals surface area contributed by atoms with Crippen molar-refractivity contribution in [3.63, 3.8) is 0 Å². The number of rotatable bonds is 4. The SMILES string of the molecule is CS(=O)(=O)c1ccc(Oc2cccc(-c3ccnc4c(C(F)(F)F)cccc34)c2)cc1. The first-order valence-electron chi connectivity index (χ1n) is 9.16. The lowest BCUT2D eigenvalue weighted by Gasteiger charge is -2.13. The van der Waals surface area contributed by atoms with E-state index in [0.717, 1.165) is 12.3 Å². The smallest absolute Gasteiger partial charge is 0.418 e. The van der Waals surface area contributed by atoms with Gasteiger partial charge >= 0.3 is 6.18 Å². The van der Waals surface area contributed by atoms with E-state index >= 15 is 0 Å². The Morgan fingerprint density at radius 3 is 2.26 bits per heavy atom. The number of ether oxygens (including phenoxy) is 1. The number of alkyl halides is 3. The molecule has 4 nitrogen and oxygen atoms in total. The summed E-state index contributed by atoms with van der Waals surface area (Å²) in [7, 11) is -3.31. The van der Waals surface area contributed by atoms with Crippen molar-refractivity contribution in [1.29, 1.82) is 0 Å². The Kier molecular flexibility index (Phi) is 5.18. The van der Waals surface area contributed by atoms with E-state index in [1.165, 1.54) is 24.4 Å². The highest BCUT2D eigenvalue weighted by Crippen LogP contribution is 2.37. The van der Waals surface area contributed by atoms with Crippen molar-refractivity contribution < 1.29 is 26.3 Å². The van der Waals surface area contributed by atoms with E-state index in [2.05, 4.69) is 4.98 Å². The summed E-state index contributed by atoms with van der Waals surface area (Å²) in [5, 5.41) is 0.381. The standard InChI is InChI=1S/C23H16F3NO3S/c1-31(28,29)18-10-8-16(9-11-18)30-17-5-2-4-15(14-17)19-12-13-27-22-20(19)6-3-7-21(22)23(24,25)26/h2-14H,1H3. The van der Waals surface area contributed by atoms with E-state index in [-0.39, 0.29) is 10.4 Å². The molecule has 1 heterocycles. The first kappa shape index (κ1) is 20.9. The molecule has 0 spiro atoms. The van der Waals surface area contributed by atoms with Crippen LogP contribution in [0.25, 0.3) is 22.0 Å². The monoisotopic (exact) mass is 443 g/mol. The van der Waals surface area contributed by atoms with Gasteiger partial charge in [0, 0.05) is 17.8 Å². The maximum absolute atomic E-state index is 13.4. The van der Waals surface area contributed by atoms with Crippen LogP contribution in [0.3, 0.4) is 0 Å². The molecule has 4 rings (SSSR count). The predicted octanol–water partition coefficient (Wildman–Crippen LogP) is 6.12. The number of pyridine rings is 1. The highest BCUT2D eigenvalue weighted by atomic mass is 32.2. The number of fused-ring (bicyclic) bond motifs is 1. The van der Waals surface area contributed by atoms with E-state index in [1.807, 2.05) is 0 Å². The van der Waals surface area contributed by atoms with Crippen LogP contribution in [0.5, 0.6) is 11.5 Å². The summed E-state index contributed by atoms with van der Waals surface area (Å²) < 4.78 is 69.1. The lowest BCUT2D eigenvalue weighted by Crippen LogP contribution is -2.06. The molecule has 31 heavy (non-hydrogen) atoms. The molecule has 158 valence electrons. The molecule has 0 atom stereocenters. The molecule has 0 saturated heterocycles. The van der Waals surface area contributed by atoms with Gasteiger partial charge in [0.05, 0.1) is 16.0 Å². The predicted molar refractivity (Wildman–Crippen MR) is 112 cm³/mol. The van der Waals surface area contributed by atoms with Gasteiger partial charge in [0.1, 0.15) is 11.5 Å². The minimum atomic E-state index is -4.51. The van der Waals surface area contributed by atoms with Gasteiger partial charge in [0.25, 0.3) is 0 Å². The number of hydrogen-bond acceptors (Lipinski definition) is 4. The van der Waals surface area contributed by atoms with Crippen molar-refractivity contribution in [2.75, 3.05) is 6.26 Å². The summed E-state index contributed by atoms with van der Waals surface area (Å²) in [6.45, 7) is 0. The van der Waals surface area contributed by atoms with Crippen LogP contribution in [0.15, 0.2) is 83.9 Å². The number of hydrogen-bond donors (Lipinski definition) is 0. The fourth-order valence-corrected chi connectivity index (χ4v) is 3.91. The Labute approximate surface area is 176 Å². The number of sulfone groups is 1. The Balaban J connectivity index is 1.71. The van der Waals surface area contributed by atoms with E-state index in [9.17, 15) is 21.6 Å². The molecule has 0 unspecified atom stereocenters. The minimum absolute atomic E-state index is 0.116. The van der Waals surface area contributed by atoms with Gasteiger partial charge in [-0.15, -0.1) is 0 Å². The number of halogens is 3. The molecular weight excluding hydrogens is 427 g/mol. The summed E-state index contributed by atoms with van der Waals surface area (Å²) >= 11 is 0. The van der Waals surface area contributed by atoms with E-state index in [1.54, 1.807) is 48.5 Å². The Morgan fingerprint density at radius 1 is 0.871 bits per heavy atom. The molecule has 0 radical (unpaired) electrons. The normalized spacial score (nSPS) is 12.1. The molecule has 0 saturated carbocycles. The van der Waals surface area contributed by atoms with Gasteiger partial charge in [-0.2, -0.15) is 13.2 Å². The van der Waals surface area contributed by atoms with Crippen LogP contribution in [0.4, 0.5) is 13.2 Å². The van der Waals surface area contributed by atoms with E-state index in [4.69, 9.17) is 4.74 Å². The van der Waals surface area contributed by atoms with Gasteiger partial charge in [-0.1, -0.05) is 24.3 Å². The van der Waals surface area contributed by atoms with Crippen LogP contribution >= 0.6 is 0 Å². The van der Waals surface area contributed by atoms with Gasteiger partial charge in [-0.25, -0.2) is 8.42 Å². The van der Waals surface area contributed by atoms with Crippen molar-refractivity contribution in [3.8, 4) is 22.6 Å². The van der Waals surface area contributed by atoms with Crippen LogP contribution in [0, 0.1) is 0 Å². The fraction of sp³-hybridized carbons (Fsp3) is 0.0870. The molecule has 3 aromatic carbocycles. The van der Waals surface area contributed by atoms with Crippen molar-refractivity contribution >= 4 is 20.7 Å². The Bertz CT molecular complexity index is 1370. The second-order valence-corrected chi connectivity index (χ2v) is 8.95. The number of nitrogens with zero attached hydrogens (tertiary/aromatic N) is 1. The molecule has 0 aliphatic carbocycles. The zero-order valence-electron chi connectivity index (χ0n) is 16.2. The summed E-state index contributed by atoms with van der Waals surface area (Å²) in [6.07, 6.45) is -2.03. The average Bonchev–Trinajstić information content (AvgIpc) is 2.72. The van der Waals surface area contributed by atoms with Crippen LogP contribution in [0.2, 0.25) is 0 Å². The highest BCUT2D eigenvalue weighted by molar-refractivity contribution is 7.90. The quantitative estimate of drug-likeness (QED) is 0.382.